The van der Waals surface area contributed by atoms with Crippen LogP contribution < -0.4 is 0 Å². The van der Waals surface area contributed by atoms with Crippen LogP contribution in [0.3, 0.4) is 0 Å². The minimum Gasteiger partial charge on any atom is -0.493 e. The lowest BCUT2D eigenvalue weighted by atomic mass is 9.47. The van der Waals surface area contributed by atoms with E-state index in [1.54, 1.807) is 7.11 Å². The second-order valence-electron chi connectivity index (χ2n) is 9.51. The van der Waals surface area contributed by atoms with Crippen LogP contribution in [0, 0.1) is 17.3 Å². The van der Waals surface area contributed by atoms with Crippen LogP contribution in [-0.2, 0) is 18.9 Å². The predicted molar refractivity (Wildman–Crippen MR) is 103 cm³/mol. The summed E-state index contributed by atoms with van der Waals surface area (Å²) < 4.78 is 25.1. The number of allylic oxidation sites excluding steroid dienone is 3. The summed E-state index contributed by atoms with van der Waals surface area (Å²) in [4.78, 5) is 2.32. The fourth-order valence-electron chi connectivity index (χ4n) is 6.98. The minimum absolute atomic E-state index is 0.0166. The van der Waals surface area contributed by atoms with Crippen molar-refractivity contribution in [2.45, 2.75) is 69.7 Å². The zero-order valence-corrected chi connectivity index (χ0v) is 17.6. The van der Waals surface area contributed by atoms with Crippen molar-refractivity contribution < 1.29 is 24.1 Å². The van der Waals surface area contributed by atoms with Gasteiger partial charge in [-0.25, -0.2) is 0 Å². The molecule has 4 fully saturated rings. The Hall–Kier alpha value is -1.08. The van der Waals surface area contributed by atoms with E-state index in [-0.39, 0.29) is 24.2 Å². The number of likely N-dealkylation sites (N-methyl/N-ethyl adjacent to an activating group) is 1. The van der Waals surface area contributed by atoms with E-state index in [1.807, 2.05) is 19.9 Å². The maximum Gasteiger partial charge on any atom is 0.206 e. The quantitative estimate of drug-likeness (QED) is 0.797. The van der Waals surface area contributed by atoms with E-state index in [2.05, 4.69) is 24.9 Å². The second kappa shape index (κ2) is 5.97. The molecule has 6 heteroatoms. The summed E-state index contributed by atoms with van der Waals surface area (Å²) in [6, 6.07) is 0.0782. The van der Waals surface area contributed by atoms with Crippen LogP contribution in [0.4, 0.5) is 0 Å². The third kappa shape index (κ3) is 2.07. The van der Waals surface area contributed by atoms with Crippen molar-refractivity contribution in [3.63, 3.8) is 0 Å². The molecule has 8 atom stereocenters. The Bertz CT molecular complexity index is 732. The summed E-state index contributed by atoms with van der Waals surface area (Å²) in [6.07, 6.45) is 6.39. The molecule has 3 saturated heterocycles. The Kier molecular flexibility index (Phi) is 4.03. The van der Waals surface area contributed by atoms with Gasteiger partial charge >= 0.3 is 0 Å². The third-order valence-corrected chi connectivity index (χ3v) is 8.29. The number of piperidine rings is 1. The van der Waals surface area contributed by atoms with E-state index in [0.29, 0.717) is 18.9 Å². The molecule has 0 radical (unpaired) electrons. The van der Waals surface area contributed by atoms with Crippen LogP contribution in [0.15, 0.2) is 23.7 Å². The normalized spacial score (nSPS) is 52.6. The summed E-state index contributed by atoms with van der Waals surface area (Å²) in [5.41, 5.74) is -1.39. The fraction of sp³-hybridized carbons (Fsp3) is 0.818. The topological polar surface area (TPSA) is 60.4 Å². The van der Waals surface area contributed by atoms with Gasteiger partial charge in [-0.15, -0.1) is 0 Å². The van der Waals surface area contributed by atoms with Crippen molar-refractivity contribution in [1.29, 1.82) is 0 Å². The van der Waals surface area contributed by atoms with Gasteiger partial charge in [0.2, 0.25) is 5.79 Å². The van der Waals surface area contributed by atoms with Gasteiger partial charge in [-0.3, -0.25) is 0 Å². The summed E-state index contributed by atoms with van der Waals surface area (Å²) in [5, 5.41) is 12.1. The molecule has 6 nitrogen and oxygen atoms in total. The lowest BCUT2D eigenvalue weighted by molar-refractivity contribution is -0.297. The van der Waals surface area contributed by atoms with Crippen molar-refractivity contribution in [2.75, 3.05) is 27.3 Å². The number of methoxy groups -OCH3 is 1. The van der Waals surface area contributed by atoms with Gasteiger partial charge in [-0.1, -0.05) is 13.0 Å². The first-order chi connectivity index (χ1) is 13.3. The smallest absolute Gasteiger partial charge is 0.206 e. The molecule has 8 unspecified atom stereocenters. The van der Waals surface area contributed by atoms with Gasteiger partial charge < -0.3 is 29.0 Å². The van der Waals surface area contributed by atoms with Crippen LogP contribution in [-0.4, -0.2) is 67.0 Å². The van der Waals surface area contributed by atoms with Crippen LogP contribution in [0.25, 0.3) is 0 Å². The largest absolute Gasteiger partial charge is 0.493 e. The van der Waals surface area contributed by atoms with E-state index in [4.69, 9.17) is 18.9 Å². The summed E-state index contributed by atoms with van der Waals surface area (Å²) in [7, 11) is 3.82. The van der Waals surface area contributed by atoms with E-state index < -0.39 is 16.8 Å². The number of rotatable bonds is 3. The third-order valence-electron chi connectivity index (χ3n) is 8.29. The Morgan fingerprint density at radius 3 is 2.82 bits per heavy atom. The molecule has 2 bridgehead atoms. The van der Waals surface area contributed by atoms with Gasteiger partial charge in [0.1, 0.15) is 5.76 Å². The number of ether oxygens (including phenoxy) is 4. The first kappa shape index (κ1) is 18.9. The van der Waals surface area contributed by atoms with Gasteiger partial charge in [0.15, 0.2) is 11.9 Å². The van der Waals surface area contributed by atoms with E-state index >= 15 is 0 Å². The fourth-order valence-corrected chi connectivity index (χ4v) is 6.98. The van der Waals surface area contributed by atoms with E-state index in [9.17, 15) is 5.11 Å². The molecule has 0 aromatic heterocycles. The molecule has 3 aliphatic heterocycles. The molecule has 156 valence electrons. The summed E-state index contributed by atoms with van der Waals surface area (Å²) in [5.74, 6) is 1.22. The molecule has 0 amide bonds. The molecule has 3 heterocycles. The molecule has 1 spiro atoms. The van der Waals surface area contributed by atoms with Gasteiger partial charge in [0.25, 0.3) is 0 Å². The van der Waals surface area contributed by atoms with Crippen molar-refractivity contribution in [3.8, 4) is 0 Å². The van der Waals surface area contributed by atoms with Gasteiger partial charge in [-0.2, -0.15) is 0 Å². The summed E-state index contributed by atoms with van der Waals surface area (Å²) in [6.45, 7) is 7.62. The standard InChI is InChI=1S/C22H33NO5/c1-6-22(26-12-13(2)28-22)19-21-9-10-23(4)16(20(21,3)24)11-14-7-8-15(25-5)18(27-19)17(14)21/h7-8,13-14,16-17,19,24H,6,9-12H2,1-5H3. The number of nitrogens with zero attached hydrogens (tertiary/aromatic N) is 1. The highest BCUT2D eigenvalue weighted by Gasteiger charge is 2.77. The predicted octanol–water partition coefficient (Wildman–Crippen LogP) is 2.43. The van der Waals surface area contributed by atoms with Gasteiger partial charge in [0.05, 0.1) is 30.8 Å². The van der Waals surface area contributed by atoms with Crippen LogP contribution in [0.2, 0.25) is 0 Å². The maximum atomic E-state index is 12.1. The monoisotopic (exact) mass is 391 g/mol. The average Bonchev–Trinajstić information content (AvgIpc) is 3.22. The molecule has 28 heavy (non-hydrogen) atoms. The van der Waals surface area contributed by atoms with Crippen molar-refractivity contribution in [3.05, 3.63) is 23.7 Å². The van der Waals surface area contributed by atoms with Crippen molar-refractivity contribution in [1.82, 2.24) is 4.90 Å². The zero-order valence-electron chi connectivity index (χ0n) is 17.6. The first-order valence-corrected chi connectivity index (χ1v) is 10.7. The second-order valence-corrected chi connectivity index (χ2v) is 9.51. The SMILES string of the molecule is CCC1(C2OC3=C(OC)C=CC4CC5N(C)CCC2(C34)C5(C)O)OCC(C)O1. The molecule has 5 rings (SSSR count). The van der Waals surface area contributed by atoms with Crippen molar-refractivity contribution >= 4 is 0 Å². The number of fused-ring (bicyclic) bond motifs is 1. The number of hydrogen-bond acceptors (Lipinski definition) is 6. The van der Waals surface area contributed by atoms with Gasteiger partial charge in [0, 0.05) is 18.4 Å². The molecule has 5 aliphatic rings. The minimum atomic E-state index is -0.918. The van der Waals surface area contributed by atoms with Crippen molar-refractivity contribution in [2.24, 2.45) is 17.3 Å². The number of hydrogen-bond donors (Lipinski definition) is 1. The highest BCUT2D eigenvalue weighted by Crippen LogP contribution is 2.68. The van der Waals surface area contributed by atoms with Crippen LogP contribution in [0.5, 0.6) is 0 Å². The summed E-state index contributed by atoms with van der Waals surface area (Å²) >= 11 is 0. The lowest BCUT2D eigenvalue weighted by Gasteiger charge is -2.63. The average molecular weight is 392 g/mol. The Balaban J connectivity index is 1.71. The Morgan fingerprint density at radius 1 is 1.39 bits per heavy atom. The highest BCUT2D eigenvalue weighted by atomic mass is 16.8. The molecular weight excluding hydrogens is 358 g/mol. The van der Waals surface area contributed by atoms with Crippen LogP contribution in [0.1, 0.15) is 40.0 Å². The first-order valence-electron chi connectivity index (χ1n) is 10.7. The molecular formula is C22H33NO5. The lowest BCUT2D eigenvalue weighted by Crippen LogP contribution is -2.74. The highest BCUT2D eigenvalue weighted by molar-refractivity contribution is 5.38. The number of likely N-dealkylation sites (tertiary alicyclic amines) is 1. The molecule has 0 aromatic rings. The van der Waals surface area contributed by atoms with E-state index in [1.165, 1.54) is 0 Å². The van der Waals surface area contributed by atoms with Crippen LogP contribution >= 0.6 is 0 Å². The molecule has 1 saturated carbocycles. The molecule has 0 aromatic carbocycles. The Morgan fingerprint density at radius 2 is 2.18 bits per heavy atom. The van der Waals surface area contributed by atoms with E-state index in [0.717, 1.165) is 30.9 Å². The zero-order chi connectivity index (χ0) is 19.9. The van der Waals surface area contributed by atoms with Gasteiger partial charge in [-0.05, 0) is 52.3 Å². The molecule has 1 N–H and O–H groups in total. The Labute approximate surface area is 167 Å². The number of aliphatic hydroxyl groups is 1. The molecule has 2 aliphatic carbocycles. The maximum absolute atomic E-state index is 12.1.